The Bertz CT molecular complexity index is 938. The summed E-state index contributed by atoms with van der Waals surface area (Å²) in [5, 5.41) is 7.15. The van der Waals surface area contributed by atoms with Crippen LogP contribution in [0.15, 0.2) is 42.0 Å². The van der Waals surface area contributed by atoms with E-state index in [1.807, 2.05) is 0 Å². The normalized spacial score (nSPS) is 24.4. The fraction of sp³-hybridized carbons (Fsp3) is 0.478. The van der Waals surface area contributed by atoms with E-state index in [1.165, 1.54) is 42.2 Å². The molecule has 28 heavy (non-hydrogen) atoms. The molecule has 2 fully saturated rings. The molecule has 5 rings (SSSR count). The lowest BCUT2D eigenvalue weighted by atomic mass is 9.90. The topological polar surface area (TPSA) is 41.0 Å². The quantitative estimate of drug-likeness (QED) is 0.655. The molecule has 2 unspecified atom stereocenters. The van der Waals surface area contributed by atoms with Crippen LogP contribution in [-0.4, -0.2) is 34.6 Å². The number of hydrogen-bond donors (Lipinski definition) is 1. The van der Waals surface area contributed by atoms with Crippen molar-refractivity contribution in [2.75, 3.05) is 11.4 Å². The van der Waals surface area contributed by atoms with Gasteiger partial charge in [0.05, 0.1) is 5.39 Å². The van der Waals surface area contributed by atoms with Crippen LogP contribution < -0.4 is 10.2 Å². The fourth-order valence-electron chi connectivity index (χ4n) is 5.09. The SMILES string of the molecule is CC(C)NCC1CC2CCC(C1)N2c1ncnc2scc(-c3ccccc3)c12. The van der Waals surface area contributed by atoms with Crippen molar-refractivity contribution in [1.82, 2.24) is 15.3 Å². The van der Waals surface area contributed by atoms with Gasteiger partial charge in [-0.2, -0.15) is 0 Å². The van der Waals surface area contributed by atoms with Crippen LogP contribution in [0.2, 0.25) is 0 Å². The minimum atomic E-state index is 0.566. The van der Waals surface area contributed by atoms with Gasteiger partial charge in [-0.3, -0.25) is 0 Å². The van der Waals surface area contributed by atoms with Gasteiger partial charge in [-0.1, -0.05) is 44.2 Å². The Balaban J connectivity index is 1.50. The summed E-state index contributed by atoms with van der Waals surface area (Å²) in [4.78, 5) is 13.2. The van der Waals surface area contributed by atoms with Crippen molar-refractivity contribution in [2.45, 2.75) is 57.7 Å². The summed E-state index contributed by atoms with van der Waals surface area (Å²) < 4.78 is 0. The predicted molar refractivity (Wildman–Crippen MR) is 118 cm³/mol. The van der Waals surface area contributed by atoms with Gasteiger partial charge >= 0.3 is 0 Å². The van der Waals surface area contributed by atoms with E-state index in [9.17, 15) is 0 Å². The van der Waals surface area contributed by atoms with Crippen molar-refractivity contribution in [1.29, 1.82) is 0 Å². The smallest absolute Gasteiger partial charge is 0.141 e. The lowest BCUT2D eigenvalue weighted by Crippen LogP contribution is -2.46. The first-order valence-corrected chi connectivity index (χ1v) is 11.4. The summed E-state index contributed by atoms with van der Waals surface area (Å²) in [6, 6.07) is 12.5. The van der Waals surface area contributed by atoms with Crippen LogP contribution in [0.1, 0.15) is 39.5 Å². The van der Waals surface area contributed by atoms with E-state index >= 15 is 0 Å². The number of aromatic nitrogens is 2. The third-order valence-electron chi connectivity index (χ3n) is 6.33. The van der Waals surface area contributed by atoms with Crippen LogP contribution in [0.3, 0.4) is 0 Å². The Morgan fingerprint density at radius 2 is 1.86 bits per heavy atom. The summed E-state index contributed by atoms with van der Waals surface area (Å²) in [5.41, 5.74) is 2.53. The second kappa shape index (κ2) is 7.45. The molecule has 2 aromatic heterocycles. The van der Waals surface area contributed by atoms with Crippen LogP contribution in [-0.2, 0) is 0 Å². The fourth-order valence-corrected chi connectivity index (χ4v) is 6.00. The van der Waals surface area contributed by atoms with Crippen LogP contribution in [0.4, 0.5) is 5.82 Å². The molecule has 2 aliphatic heterocycles. The van der Waals surface area contributed by atoms with E-state index in [-0.39, 0.29) is 0 Å². The molecular weight excluding hydrogens is 364 g/mol. The Hall–Kier alpha value is -1.98. The lowest BCUT2D eigenvalue weighted by Gasteiger charge is -2.40. The molecule has 0 aliphatic carbocycles. The van der Waals surface area contributed by atoms with Gasteiger partial charge < -0.3 is 10.2 Å². The van der Waals surface area contributed by atoms with E-state index < -0.39 is 0 Å². The van der Waals surface area contributed by atoms with Crippen LogP contribution in [0, 0.1) is 5.92 Å². The van der Waals surface area contributed by atoms with E-state index in [2.05, 4.69) is 64.8 Å². The standard InChI is InChI=1S/C23H28N4S/c1-15(2)24-12-16-10-18-8-9-19(11-16)27(18)22-21-20(17-6-4-3-5-7-17)13-28-23(21)26-14-25-22/h3-7,13-16,18-19,24H,8-12H2,1-2H3. The summed E-state index contributed by atoms with van der Waals surface area (Å²) in [5.74, 6) is 1.94. The number of rotatable bonds is 5. The molecular formula is C23H28N4S. The van der Waals surface area contributed by atoms with Crippen LogP contribution >= 0.6 is 11.3 Å². The molecule has 1 aromatic carbocycles. The second-order valence-electron chi connectivity index (χ2n) is 8.59. The third-order valence-corrected chi connectivity index (χ3v) is 7.21. The molecule has 0 amide bonds. The summed E-state index contributed by atoms with van der Waals surface area (Å²) in [6.45, 7) is 5.62. The molecule has 2 bridgehead atoms. The Kier molecular flexibility index (Phi) is 4.81. The highest BCUT2D eigenvalue weighted by molar-refractivity contribution is 7.17. The van der Waals surface area contributed by atoms with Gasteiger partial charge in [0.25, 0.3) is 0 Å². The van der Waals surface area contributed by atoms with Crippen molar-refractivity contribution in [3.05, 3.63) is 42.0 Å². The van der Waals surface area contributed by atoms with Gasteiger partial charge in [-0.15, -0.1) is 11.3 Å². The Labute approximate surface area is 171 Å². The molecule has 146 valence electrons. The molecule has 0 saturated carbocycles. The number of piperidine rings is 1. The molecule has 0 radical (unpaired) electrons. The van der Waals surface area contributed by atoms with Crippen molar-refractivity contribution < 1.29 is 0 Å². The molecule has 5 heteroatoms. The number of benzene rings is 1. The number of hydrogen-bond acceptors (Lipinski definition) is 5. The predicted octanol–water partition coefficient (Wildman–Crippen LogP) is 5.10. The first kappa shape index (κ1) is 18.1. The first-order valence-electron chi connectivity index (χ1n) is 10.5. The van der Waals surface area contributed by atoms with E-state index in [1.54, 1.807) is 17.7 Å². The van der Waals surface area contributed by atoms with E-state index in [0.717, 1.165) is 23.1 Å². The maximum Gasteiger partial charge on any atom is 0.141 e. The molecule has 0 spiro atoms. The lowest BCUT2D eigenvalue weighted by molar-refractivity contribution is 0.318. The zero-order chi connectivity index (χ0) is 19.1. The number of fused-ring (bicyclic) bond motifs is 3. The molecule has 2 aliphatic rings. The van der Waals surface area contributed by atoms with Crippen molar-refractivity contribution in [3.63, 3.8) is 0 Å². The molecule has 1 N–H and O–H groups in total. The summed E-state index contributed by atoms with van der Waals surface area (Å²) in [7, 11) is 0. The maximum atomic E-state index is 4.83. The van der Waals surface area contributed by atoms with Gasteiger partial charge in [0.2, 0.25) is 0 Å². The third kappa shape index (κ3) is 3.20. The zero-order valence-corrected chi connectivity index (χ0v) is 17.5. The largest absolute Gasteiger partial charge is 0.350 e. The van der Waals surface area contributed by atoms with Crippen molar-refractivity contribution in [2.24, 2.45) is 5.92 Å². The monoisotopic (exact) mass is 392 g/mol. The highest BCUT2D eigenvalue weighted by Crippen LogP contribution is 2.45. The molecule has 3 aromatic rings. The molecule has 2 atom stereocenters. The van der Waals surface area contributed by atoms with Gasteiger partial charge in [0.1, 0.15) is 17.0 Å². The highest BCUT2D eigenvalue weighted by Gasteiger charge is 2.42. The number of nitrogens with one attached hydrogen (secondary N) is 1. The van der Waals surface area contributed by atoms with Gasteiger partial charge in [-0.05, 0) is 43.7 Å². The Morgan fingerprint density at radius 3 is 2.57 bits per heavy atom. The van der Waals surface area contributed by atoms with Crippen LogP contribution in [0.5, 0.6) is 0 Å². The minimum Gasteiger partial charge on any atom is -0.350 e. The van der Waals surface area contributed by atoms with E-state index in [0.29, 0.717) is 18.1 Å². The van der Waals surface area contributed by atoms with Gasteiger partial charge in [0.15, 0.2) is 0 Å². The Morgan fingerprint density at radius 1 is 1.11 bits per heavy atom. The summed E-state index contributed by atoms with van der Waals surface area (Å²) >= 11 is 1.73. The van der Waals surface area contributed by atoms with Crippen molar-refractivity contribution >= 4 is 27.4 Å². The van der Waals surface area contributed by atoms with Crippen LogP contribution in [0.25, 0.3) is 21.3 Å². The minimum absolute atomic E-state index is 0.566. The van der Waals surface area contributed by atoms with Crippen molar-refractivity contribution in [3.8, 4) is 11.1 Å². The average molecular weight is 393 g/mol. The first-order chi connectivity index (χ1) is 13.7. The van der Waals surface area contributed by atoms with Gasteiger partial charge in [0, 0.05) is 29.1 Å². The van der Waals surface area contributed by atoms with Gasteiger partial charge in [-0.25, -0.2) is 9.97 Å². The number of anilines is 1. The number of thiophene rings is 1. The molecule has 4 heterocycles. The summed E-state index contributed by atoms with van der Waals surface area (Å²) in [6.07, 6.45) is 6.88. The molecule has 4 nitrogen and oxygen atoms in total. The maximum absolute atomic E-state index is 4.83. The average Bonchev–Trinajstić information content (AvgIpc) is 3.26. The second-order valence-corrected chi connectivity index (χ2v) is 9.44. The molecule has 2 saturated heterocycles. The zero-order valence-electron chi connectivity index (χ0n) is 16.6. The number of nitrogens with zero attached hydrogens (tertiary/aromatic N) is 3. The highest BCUT2D eigenvalue weighted by atomic mass is 32.1. The van der Waals surface area contributed by atoms with E-state index in [4.69, 9.17) is 4.98 Å².